The molecule has 0 aromatic carbocycles. The number of ether oxygens (including phenoxy) is 1. The van der Waals surface area contributed by atoms with E-state index in [1.807, 2.05) is 39.8 Å². The van der Waals surface area contributed by atoms with E-state index in [4.69, 9.17) is 9.26 Å². The smallest absolute Gasteiger partial charge is 0.410 e. The lowest BCUT2D eigenvalue weighted by Crippen LogP contribution is -2.36. The van der Waals surface area contributed by atoms with Crippen molar-refractivity contribution in [1.29, 1.82) is 0 Å². The van der Waals surface area contributed by atoms with E-state index >= 15 is 0 Å². The first-order chi connectivity index (χ1) is 8.35. The number of likely N-dealkylation sites (N-methyl/N-ethyl adjacent to an activating group) is 1. The number of hydrogen-bond acceptors (Lipinski definition) is 4. The van der Waals surface area contributed by atoms with Gasteiger partial charge < -0.3 is 9.26 Å². The molecular weight excluding hydrogens is 232 g/mol. The quantitative estimate of drug-likeness (QED) is 0.775. The Balaban J connectivity index is 2.84. The van der Waals surface area contributed by atoms with Crippen LogP contribution in [0.25, 0.3) is 0 Å². The van der Waals surface area contributed by atoms with Crippen molar-refractivity contribution in [1.82, 2.24) is 10.1 Å². The van der Waals surface area contributed by atoms with Crippen LogP contribution in [0.3, 0.4) is 0 Å². The standard InChI is InChI=1S/C13H20N2O3/c1-6-7-10(11-8-9-14-18-11)15(5)12(16)17-13(2,3)4/h6-10H,1-5H3/b7-6+. The third-order valence-corrected chi connectivity index (χ3v) is 2.22. The molecule has 1 aromatic rings. The summed E-state index contributed by atoms with van der Waals surface area (Å²) < 4.78 is 10.4. The molecule has 1 heterocycles. The molecule has 0 saturated carbocycles. The summed E-state index contributed by atoms with van der Waals surface area (Å²) in [5, 5.41) is 3.65. The molecule has 0 bridgehead atoms. The largest absolute Gasteiger partial charge is 0.444 e. The maximum absolute atomic E-state index is 12.0. The van der Waals surface area contributed by atoms with Gasteiger partial charge in [0.05, 0.1) is 6.20 Å². The Kier molecular flexibility index (Phi) is 4.53. The van der Waals surface area contributed by atoms with Crippen molar-refractivity contribution in [3.8, 4) is 0 Å². The number of amides is 1. The summed E-state index contributed by atoms with van der Waals surface area (Å²) in [6.07, 6.45) is 4.86. The van der Waals surface area contributed by atoms with Crippen LogP contribution in [-0.4, -0.2) is 28.8 Å². The molecule has 0 aliphatic heterocycles. The van der Waals surface area contributed by atoms with Gasteiger partial charge in [-0.2, -0.15) is 0 Å². The van der Waals surface area contributed by atoms with Crippen molar-refractivity contribution in [2.24, 2.45) is 0 Å². The fourth-order valence-corrected chi connectivity index (χ4v) is 1.42. The van der Waals surface area contributed by atoms with Gasteiger partial charge in [-0.05, 0) is 27.7 Å². The van der Waals surface area contributed by atoms with Crippen molar-refractivity contribution < 1.29 is 14.1 Å². The SMILES string of the molecule is C/C=C/C(c1ccno1)N(C)C(=O)OC(C)(C)C. The second-order valence-electron chi connectivity index (χ2n) is 4.98. The van der Waals surface area contributed by atoms with Crippen molar-refractivity contribution in [2.75, 3.05) is 7.05 Å². The first-order valence-electron chi connectivity index (χ1n) is 5.84. The molecule has 0 N–H and O–H groups in total. The monoisotopic (exact) mass is 252 g/mol. The molecule has 5 heteroatoms. The van der Waals surface area contributed by atoms with Gasteiger partial charge in [-0.3, -0.25) is 4.90 Å². The van der Waals surface area contributed by atoms with Gasteiger partial charge in [-0.15, -0.1) is 0 Å². The predicted octanol–water partition coefficient (Wildman–Crippen LogP) is 3.16. The summed E-state index contributed by atoms with van der Waals surface area (Å²) in [6, 6.07) is 1.42. The normalized spacial score (nSPS) is 13.6. The molecule has 0 spiro atoms. The zero-order chi connectivity index (χ0) is 13.8. The fraction of sp³-hybridized carbons (Fsp3) is 0.538. The van der Waals surface area contributed by atoms with E-state index in [2.05, 4.69) is 5.16 Å². The summed E-state index contributed by atoms with van der Waals surface area (Å²) in [6.45, 7) is 7.37. The number of nitrogens with zero attached hydrogens (tertiary/aromatic N) is 2. The van der Waals surface area contributed by atoms with Crippen LogP contribution in [0.2, 0.25) is 0 Å². The highest BCUT2D eigenvalue weighted by Gasteiger charge is 2.26. The first-order valence-corrected chi connectivity index (χ1v) is 5.84. The van der Waals surface area contributed by atoms with Crippen LogP contribution in [0.5, 0.6) is 0 Å². The van der Waals surface area contributed by atoms with Gasteiger partial charge in [0.15, 0.2) is 5.76 Å². The van der Waals surface area contributed by atoms with E-state index in [0.717, 1.165) is 0 Å². The van der Waals surface area contributed by atoms with E-state index in [-0.39, 0.29) is 6.04 Å². The van der Waals surface area contributed by atoms with Gasteiger partial charge in [0.2, 0.25) is 0 Å². The molecule has 18 heavy (non-hydrogen) atoms. The van der Waals surface area contributed by atoms with Crippen molar-refractivity contribution in [3.05, 3.63) is 30.2 Å². The summed E-state index contributed by atoms with van der Waals surface area (Å²) >= 11 is 0. The minimum atomic E-state index is -0.521. The average Bonchev–Trinajstić information content (AvgIpc) is 2.75. The van der Waals surface area contributed by atoms with Gasteiger partial charge in [0, 0.05) is 13.1 Å². The van der Waals surface area contributed by atoms with Crippen LogP contribution < -0.4 is 0 Å². The van der Waals surface area contributed by atoms with Gasteiger partial charge in [-0.25, -0.2) is 4.79 Å². The highest BCUT2D eigenvalue weighted by Crippen LogP contribution is 2.22. The van der Waals surface area contributed by atoms with Crippen LogP contribution in [-0.2, 0) is 4.74 Å². The van der Waals surface area contributed by atoms with Gasteiger partial charge in [-0.1, -0.05) is 17.3 Å². The Morgan fingerprint density at radius 2 is 2.22 bits per heavy atom. The zero-order valence-electron chi connectivity index (χ0n) is 11.5. The fourth-order valence-electron chi connectivity index (χ4n) is 1.42. The Labute approximate surface area is 107 Å². The van der Waals surface area contributed by atoms with E-state index in [9.17, 15) is 4.79 Å². The van der Waals surface area contributed by atoms with Crippen molar-refractivity contribution in [2.45, 2.75) is 39.3 Å². The number of aromatic nitrogens is 1. The third kappa shape index (κ3) is 3.91. The highest BCUT2D eigenvalue weighted by molar-refractivity contribution is 5.68. The Morgan fingerprint density at radius 3 is 2.67 bits per heavy atom. The summed E-state index contributed by atoms with van der Waals surface area (Å²) in [7, 11) is 1.67. The van der Waals surface area contributed by atoms with Crippen LogP contribution in [0.1, 0.15) is 39.5 Å². The minimum absolute atomic E-state index is 0.313. The number of carbonyl (C=O) groups is 1. The van der Waals surface area contributed by atoms with Gasteiger partial charge >= 0.3 is 6.09 Å². The van der Waals surface area contributed by atoms with Crippen LogP contribution in [0.4, 0.5) is 4.79 Å². The summed E-state index contributed by atoms with van der Waals surface area (Å²) in [4.78, 5) is 13.5. The molecule has 0 aliphatic rings. The number of rotatable bonds is 3. The first kappa shape index (κ1) is 14.3. The molecule has 0 saturated heterocycles. The molecule has 1 aromatic heterocycles. The number of allylic oxidation sites excluding steroid dienone is 1. The van der Waals surface area contributed by atoms with E-state index in [1.54, 1.807) is 19.3 Å². The molecule has 1 amide bonds. The molecule has 0 aliphatic carbocycles. The molecule has 1 unspecified atom stereocenters. The highest BCUT2D eigenvalue weighted by atomic mass is 16.6. The van der Waals surface area contributed by atoms with E-state index in [0.29, 0.717) is 5.76 Å². The topological polar surface area (TPSA) is 55.6 Å². The maximum atomic E-state index is 12.0. The Bertz CT molecular complexity index is 404. The van der Waals surface area contributed by atoms with Crippen molar-refractivity contribution in [3.63, 3.8) is 0 Å². The molecule has 1 rings (SSSR count). The Morgan fingerprint density at radius 1 is 1.56 bits per heavy atom. The lowest BCUT2D eigenvalue weighted by atomic mass is 10.2. The zero-order valence-corrected chi connectivity index (χ0v) is 11.5. The molecule has 1 atom stereocenters. The minimum Gasteiger partial charge on any atom is -0.444 e. The van der Waals surface area contributed by atoms with Crippen LogP contribution in [0.15, 0.2) is 28.9 Å². The van der Waals surface area contributed by atoms with Crippen LogP contribution >= 0.6 is 0 Å². The van der Waals surface area contributed by atoms with Crippen molar-refractivity contribution >= 4 is 6.09 Å². The van der Waals surface area contributed by atoms with E-state index < -0.39 is 11.7 Å². The summed E-state index contributed by atoms with van der Waals surface area (Å²) in [5.74, 6) is 0.599. The third-order valence-electron chi connectivity index (χ3n) is 2.22. The molecule has 100 valence electrons. The lowest BCUT2D eigenvalue weighted by molar-refractivity contribution is 0.0235. The lowest BCUT2D eigenvalue weighted by Gasteiger charge is -2.27. The van der Waals surface area contributed by atoms with Gasteiger partial charge in [0.25, 0.3) is 0 Å². The molecule has 0 fully saturated rings. The Hall–Kier alpha value is -1.78. The second kappa shape index (κ2) is 5.71. The predicted molar refractivity (Wildman–Crippen MR) is 68.1 cm³/mol. The second-order valence-corrected chi connectivity index (χ2v) is 4.98. The molecule has 5 nitrogen and oxygen atoms in total. The number of hydrogen-bond donors (Lipinski definition) is 0. The molecular formula is C13H20N2O3. The molecule has 0 radical (unpaired) electrons. The average molecular weight is 252 g/mol. The maximum Gasteiger partial charge on any atom is 0.410 e. The van der Waals surface area contributed by atoms with Gasteiger partial charge in [0.1, 0.15) is 11.6 Å². The summed E-state index contributed by atoms with van der Waals surface area (Å²) in [5.41, 5.74) is -0.521. The van der Waals surface area contributed by atoms with E-state index in [1.165, 1.54) is 4.90 Å². The number of carbonyl (C=O) groups excluding carboxylic acids is 1. The van der Waals surface area contributed by atoms with Crippen LogP contribution in [0, 0.1) is 0 Å².